The molecule has 1 aromatic carbocycles. The van der Waals surface area contributed by atoms with Crippen LogP contribution in [0.15, 0.2) is 12.1 Å². The molecule has 0 aliphatic rings. The Balaban J connectivity index is 2.66. The summed E-state index contributed by atoms with van der Waals surface area (Å²) in [6.07, 6.45) is 68.4. The standard InChI is InChI=1S/C72H138O4/c1-10-13-16-19-22-25-28-31-34-37-40-43-46-49-52-55-60-74-70(4,5)63-66-58-59-69(73)68(65-72(8,9)76-62-57-54-51-48-45-42-39-36-33-30-27-24-21-18-15-12-3)67(66)64-71(6,7)75-61-56-53-50-47-44-41-38-35-32-29-26-23-20-17-14-11-2/h58-59,73H,10-57,60-65H2,1-9H3. The van der Waals surface area contributed by atoms with Crippen molar-refractivity contribution in [1.29, 1.82) is 0 Å². The van der Waals surface area contributed by atoms with Gasteiger partial charge in [0, 0.05) is 44.6 Å². The van der Waals surface area contributed by atoms with Crippen LogP contribution in [0.25, 0.3) is 0 Å². The van der Waals surface area contributed by atoms with E-state index >= 15 is 0 Å². The van der Waals surface area contributed by atoms with E-state index in [0.717, 1.165) is 57.5 Å². The predicted octanol–water partition coefficient (Wildman–Crippen LogP) is 24.2. The number of hydrogen-bond donors (Lipinski definition) is 1. The molecule has 76 heavy (non-hydrogen) atoms. The first-order valence-electron chi connectivity index (χ1n) is 34.6. The summed E-state index contributed by atoms with van der Waals surface area (Å²) in [6, 6.07) is 4.11. The summed E-state index contributed by atoms with van der Waals surface area (Å²) in [5.74, 6) is 0.387. The Morgan fingerprint density at radius 2 is 0.461 bits per heavy atom. The first-order chi connectivity index (χ1) is 36.9. The average molecular weight is 1070 g/mol. The van der Waals surface area contributed by atoms with Crippen LogP contribution in [0.2, 0.25) is 0 Å². The number of phenols is 1. The van der Waals surface area contributed by atoms with Crippen LogP contribution >= 0.6 is 0 Å². The van der Waals surface area contributed by atoms with Crippen LogP contribution in [0.4, 0.5) is 0 Å². The average Bonchev–Trinajstić information content (AvgIpc) is 3.38. The number of hydrogen-bond acceptors (Lipinski definition) is 4. The maximum absolute atomic E-state index is 11.7. The molecule has 0 saturated heterocycles. The molecule has 0 saturated carbocycles. The van der Waals surface area contributed by atoms with Crippen LogP contribution in [-0.4, -0.2) is 41.7 Å². The van der Waals surface area contributed by atoms with Crippen molar-refractivity contribution in [1.82, 2.24) is 0 Å². The number of benzene rings is 1. The van der Waals surface area contributed by atoms with E-state index in [-0.39, 0.29) is 11.2 Å². The Labute approximate surface area is 478 Å². The van der Waals surface area contributed by atoms with Crippen molar-refractivity contribution in [3.63, 3.8) is 0 Å². The van der Waals surface area contributed by atoms with Gasteiger partial charge in [-0.2, -0.15) is 0 Å². The number of unbranched alkanes of at least 4 members (excludes halogenated alkanes) is 45. The molecule has 1 rings (SSSR count). The fourth-order valence-corrected chi connectivity index (χ4v) is 11.8. The van der Waals surface area contributed by atoms with Gasteiger partial charge in [0.25, 0.3) is 0 Å². The van der Waals surface area contributed by atoms with Gasteiger partial charge in [0.15, 0.2) is 0 Å². The molecule has 0 spiro atoms. The minimum Gasteiger partial charge on any atom is -0.508 e. The van der Waals surface area contributed by atoms with Gasteiger partial charge < -0.3 is 19.3 Å². The molecule has 1 N–H and O–H groups in total. The first kappa shape index (κ1) is 72.9. The summed E-state index contributed by atoms with van der Waals surface area (Å²) in [4.78, 5) is 0. The molecule has 0 aliphatic carbocycles. The second kappa shape index (κ2) is 50.8. The minimum absolute atomic E-state index is 0.309. The third-order valence-electron chi connectivity index (χ3n) is 16.8. The van der Waals surface area contributed by atoms with Gasteiger partial charge >= 0.3 is 0 Å². The van der Waals surface area contributed by atoms with Crippen LogP contribution in [-0.2, 0) is 33.5 Å². The normalized spacial score (nSPS) is 12.4. The largest absolute Gasteiger partial charge is 0.508 e. The molecule has 0 radical (unpaired) electrons. The summed E-state index contributed by atoms with van der Waals surface area (Å²) in [5, 5.41) is 11.7. The van der Waals surface area contributed by atoms with Crippen molar-refractivity contribution in [3.8, 4) is 5.75 Å². The lowest BCUT2D eigenvalue weighted by atomic mass is 9.83. The van der Waals surface area contributed by atoms with Gasteiger partial charge in [-0.05, 0) is 78.0 Å². The smallest absolute Gasteiger partial charge is 0.119 e. The Morgan fingerprint density at radius 3 is 0.697 bits per heavy atom. The second-order valence-electron chi connectivity index (χ2n) is 26.5. The second-order valence-corrected chi connectivity index (χ2v) is 26.5. The third kappa shape index (κ3) is 45.6. The SMILES string of the molecule is CCCCCCCCCCCCCCCCCCOC(C)(C)Cc1ccc(O)c(CC(C)(C)OCCCCCCCCCCCCCCCCCC)c1CC(C)(C)OCCCCCCCCCCCCCCCCCC. The maximum atomic E-state index is 11.7. The van der Waals surface area contributed by atoms with E-state index in [2.05, 4.69) is 68.4 Å². The minimum atomic E-state index is -0.391. The molecule has 4 nitrogen and oxygen atoms in total. The molecule has 0 aromatic heterocycles. The molecule has 1 aromatic rings. The van der Waals surface area contributed by atoms with Gasteiger partial charge in [-0.3, -0.25) is 0 Å². The van der Waals surface area contributed by atoms with Crippen molar-refractivity contribution in [3.05, 3.63) is 28.8 Å². The van der Waals surface area contributed by atoms with Crippen LogP contribution in [0, 0.1) is 0 Å². The van der Waals surface area contributed by atoms with Crippen LogP contribution in [0.3, 0.4) is 0 Å². The summed E-state index contributed by atoms with van der Waals surface area (Å²) < 4.78 is 20.1. The van der Waals surface area contributed by atoms with Crippen molar-refractivity contribution >= 4 is 0 Å². The zero-order chi connectivity index (χ0) is 55.5. The summed E-state index contributed by atoms with van der Waals surface area (Å²) in [7, 11) is 0. The topological polar surface area (TPSA) is 47.9 Å². The predicted molar refractivity (Wildman–Crippen MR) is 338 cm³/mol. The van der Waals surface area contributed by atoms with Crippen molar-refractivity contribution < 1.29 is 19.3 Å². The van der Waals surface area contributed by atoms with Crippen LogP contribution < -0.4 is 0 Å². The maximum Gasteiger partial charge on any atom is 0.119 e. The first-order valence-corrected chi connectivity index (χ1v) is 34.6. The zero-order valence-corrected chi connectivity index (χ0v) is 53.5. The zero-order valence-electron chi connectivity index (χ0n) is 53.5. The lowest BCUT2D eigenvalue weighted by Gasteiger charge is -2.33. The van der Waals surface area contributed by atoms with Gasteiger partial charge in [0.05, 0.1) is 16.8 Å². The monoisotopic (exact) mass is 1070 g/mol. The highest BCUT2D eigenvalue weighted by Gasteiger charge is 2.30. The Morgan fingerprint density at radius 1 is 0.263 bits per heavy atom. The lowest BCUT2D eigenvalue weighted by molar-refractivity contribution is -0.0253. The fourth-order valence-electron chi connectivity index (χ4n) is 11.8. The third-order valence-corrected chi connectivity index (χ3v) is 16.8. The molecule has 450 valence electrons. The highest BCUT2D eigenvalue weighted by Crippen LogP contribution is 2.35. The highest BCUT2D eigenvalue weighted by molar-refractivity contribution is 5.46. The van der Waals surface area contributed by atoms with E-state index in [0.29, 0.717) is 12.2 Å². The van der Waals surface area contributed by atoms with E-state index in [1.54, 1.807) is 0 Å². The van der Waals surface area contributed by atoms with E-state index in [9.17, 15) is 5.11 Å². The molecular formula is C72H138O4. The molecule has 0 fully saturated rings. The summed E-state index contributed by atoms with van der Waals surface area (Å²) >= 11 is 0. The number of aromatic hydroxyl groups is 1. The van der Waals surface area contributed by atoms with E-state index < -0.39 is 5.60 Å². The number of ether oxygens (including phenoxy) is 3. The van der Waals surface area contributed by atoms with Gasteiger partial charge in [-0.15, -0.1) is 0 Å². The Bertz CT molecular complexity index is 1360. The quantitative estimate of drug-likeness (QED) is 0.0661. The molecule has 0 amide bonds. The fraction of sp³-hybridized carbons (Fsp3) is 0.917. The van der Waals surface area contributed by atoms with E-state index in [1.807, 2.05) is 6.07 Å². The molecule has 0 heterocycles. The van der Waals surface area contributed by atoms with Gasteiger partial charge in [-0.25, -0.2) is 0 Å². The van der Waals surface area contributed by atoms with Crippen molar-refractivity contribution in [2.75, 3.05) is 19.8 Å². The van der Waals surface area contributed by atoms with Gasteiger partial charge in [-0.1, -0.05) is 316 Å². The van der Waals surface area contributed by atoms with E-state index in [4.69, 9.17) is 14.2 Å². The number of phenolic OH excluding ortho intramolecular Hbond substituents is 1. The molecule has 0 bridgehead atoms. The van der Waals surface area contributed by atoms with Crippen molar-refractivity contribution in [2.24, 2.45) is 0 Å². The molecular weight excluding hydrogens is 929 g/mol. The lowest BCUT2D eigenvalue weighted by Crippen LogP contribution is -2.33. The highest BCUT2D eigenvalue weighted by atomic mass is 16.5. The van der Waals surface area contributed by atoms with Crippen LogP contribution in [0.5, 0.6) is 5.75 Å². The van der Waals surface area contributed by atoms with Gasteiger partial charge in [0.1, 0.15) is 5.75 Å². The summed E-state index contributed by atoms with van der Waals surface area (Å²) in [6.45, 7) is 22.8. The molecule has 0 aliphatic heterocycles. The molecule has 0 atom stereocenters. The van der Waals surface area contributed by atoms with Crippen LogP contribution in [0.1, 0.15) is 387 Å². The molecule has 4 heteroatoms. The van der Waals surface area contributed by atoms with Gasteiger partial charge in [0.2, 0.25) is 0 Å². The Hall–Kier alpha value is -1.10. The Kier molecular flexibility index (Phi) is 48.8. The van der Waals surface area contributed by atoms with Crippen molar-refractivity contribution in [2.45, 2.75) is 407 Å². The summed E-state index contributed by atoms with van der Waals surface area (Å²) in [5.41, 5.74) is 2.48. The van der Waals surface area contributed by atoms with E-state index in [1.165, 1.54) is 300 Å². The number of rotatable bonds is 60. The molecule has 0 unspecified atom stereocenters.